The highest BCUT2D eigenvalue weighted by molar-refractivity contribution is 8.18. The van der Waals surface area contributed by atoms with E-state index < -0.39 is 29.1 Å². The van der Waals surface area contributed by atoms with Crippen LogP contribution < -0.4 is 5.32 Å². The van der Waals surface area contributed by atoms with Gasteiger partial charge in [0.05, 0.1) is 12.1 Å². The zero-order chi connectivity index (χ0) is 62.4. The van der Waals surface area contributed by atoms with Gasteiger partial charge < -0.3 is 44.7 Å². The number of carbonyl (C=O) groups excluding carboxylic acids is 3. The molecule has 8 aliphatic heterocycles. The number of carbonyl (C=O) groups is 4. The number of fused-ring (bicyclic) bond motifs is 2. The smallest absolute Gasteiger partial charge is 0.326 e. The Bertz CT molecular complexity index is 3360. The molecule has 0 aromatic heterocycles. The Balaban J connectivity index is 0.000000172. The second-order valence-corrected chi connectivity index (χ2v) is 28.8. The summed E-state index contributed by atoms with van der Waals surface area (Å²) >= 11 is 27.8. The average molecular weight is 1300 g/mol. The van der Waals surface area contributed by atoms with E-state index in [0.717, 1.165) is 76.0 Å². The zero-order valence-corrected chi connectivity index (χ0v) is 55.9. The number of aliphatic carboxylic acids is 1. The number of aliphatic imine (C=N–C) groups is 2. The summed E-state index contributed by atoms with van der Waals surface area (Å²) in [5, 5.41) is 17.2. The van der Waals surface area contributed by atoms with E-state index in [0.29, 0.717) is 68.3 Å². The molecule has 4 saturated heterocycles. The Kier molecular flexibility index (Phi) is 20.0. The highest BCUT2D eigenvalue weighted by Crippen LogP contribution is 2.58. The third-order valence-corrected chi connectivity index (χ3v) is 21.4. The Labute approximate surface area is 541 Å². The molecule has 0 unspecified atom stereocenters. The molecule has 0 aliphatic carbocycles. The van der Waals surface area contributed by atoms with E-state index in [9.17, 15) is 24.3 Å². The third kappa shape index (κ3) is 13.0. The maximum absolute atomic E-state index is 14.4. The molecule has 15 nitrogen and oxygen atoms in total. The van der Waals surface area contributed by atoms with Gasteiger partial charge in [-0.15, -0.1) is 0 Å². The van der Waals surface area contributed by atoms with Crippen molar-refractivity contribution in [3.05, 3.63) is 161 Å². The number of carboxylic acids is 1. The first-order valence-corrected chi connectivity index (χ1v) is 33.4. The summed E-state index contributed by atoms with van der Waals surface area (Å²) in [7, 11) is 8.40. The van der Waals surface area contributed by atoms with Crippen molar-refractivity contribution in [3.63, 3.8) is 0 Å². The molecule has 4 fully saturated rings. The lowest BCUT2D eigenvalue weighted by atomic mass is 9.81. The van der Waals surface area contributed by atoms with Crippen molar-refractivity contribution in [3.8, 4) is 0 Å². The molecule has 464 valence electrons. The van der Waals surface area contributed by atoms with Crippen molar-refractivity contribution in [2.75, 3.05) is 67.5 Å². The quantitative estimate of drug-likeness (QED) is 0.139. The maximum Gasteiger partial charge on any atom is 0.326 e. The number of thioether (sulfide) groups is 2. The molecule has 87 heavy (non-hydrogen) atoms. The molecule has 8 heterocycles. The number of allylic oxidation sites excluding steroid dienone is 2. The van der Waals surface area contributed by atoms with E-state index in [2.05, 4.69) is 94.6 Å². The predicted molar refractivity (Wildman–Crippen MR) is 354 cm³/mol. The van der Waals surface area contributed by atoms with E-state index >= 15 is 0 Å². The largest absolute Gasteiger partial charge is 0.480 e. The minimum atomic E-state index is -0.956. The first kappa shape index (κ1) is 64.9. The molecule has 3 amide bonds. The molecule has 12 rings (SSSR count). The summed E-state index contributed by atoms with van der Waals surface area (Å²) in [6.07, 6.45) is 4.97. The van der Waals surface area contributed by atoms with Crippen LogP contribution in [0.1, 0.15) is 114 Å². The standard InChI is InChI=1S/C33H39Cl2N5O2S.C27H27Cl2N3O3S.C6H14N2/c1-20(2)27-28(31(42)39-17-6-7-26(39)30(41)38-18-16-25(19-38)37(4)5)43-32-36-33(3,22-10-14-24(35)15-11-22)29(40(27)32)21-8-12-23(34)13-9-21;1-15(2)21-22(24(33)31-14-4-5-20(31)25(34)35)36-26-30-27(3,17-8-12-19(29)13-9-17)23(32(21)26)16-6-10-18(28)11-7-16;1-8(2)6-3-4-7-5-6/h8-15,20,25-26,29H,6-7,16-19H2,1-5H3;6-13,15,20,23H,4-5,14H2,1-3H3,(H,34,35);6-7H,3-5H2,1-2H3/t25-,26-,29+,33-;20-,23+,27-;6-/m000/s1. The summed E-state index contributed by atoms with van der Waals surface area (Å²) in [6.45, 7) is 17.5. The summed E-state index contributed by atoms with van der Waals surface area (Å²) in [5.41, 5.74) is 4.70. The highest BCUT2D eigenvalue weighted by atomic mass is 35.5. The molecule has 0 saturated carbocycles. The number of hydrogen-bond acceptors (Lipinski definition) is 13. The van der Waals surface area contributed by atoms with Gasteiger partial charge in [0.2, 0.25) is 5.91 Å². The Morgan fingerprint density at radius 3 is 1.33 bits per heavy atom. The lowest BCUT2D eigenvalue weighted by molar-refractivity contribution is -0.146. The molecule has 4 aromatic rings. The van der Waals surface area contributed by atoms with Crippen molar-refractivity contribution >= 4 is 104 Å². The molecule has 8 aliphatic rings. The van der Waals surface area contributed by atoms with Gasteiger partial charge in [0.1, 0.15) is 33.0 Å². The van der Waals surface area contributed by atoms with Crippen molar-refractivity contribution in [2.24, 2.45) is 21.8 Å². The van der Waals surface area contributed by atoms with Gasteiger partial charge in [0.15, 0.2) is 10.3 Å². The van der Waals surface area contributed by atoms with Gasteiger partial charge in [-0.1, -0.05) is 123 Å². The lowest BCUT2D eigenvalue weighted by Gasteiger charge is -2.37. The Morgan fingerprint density at radius 2 is 0.977 bits per heavy atom. The molecule has 8 atom stereocenters. The van der Waals surface area contributed by atoms with E-state index in [1.54, 1.807) is 0 Å². The topological polar surface area (TPSA) is 148 Å². The Morgan fingerprint density at radius 1 is 0.575 bits per heavy atom. The Hall–Kier alpha value is -5.08. The van der Waals surface area contributed by atoms with E-state index in [1.165, 1.54) is 47.9 Å². The van der Waals surface area contributed by atoms with Crippen LogP contribution in [0, 0.1) is 11.8 Å². The normalized spacial score (nSPS) is 26.7. The van der Waals surface area contributed by atoms with Crippen LogP contribution in [-0.2, 0) is 30.3 Å². The van der Waals surface area contributed by atoms with Crippen LogP contribution in [0.25, 0.3) is 0 Å². The summed E-state index contributed by atoms with van der Waals surface area (Å²) < 4.78 is 0. The number of benzene rings is 4. The molecule has 2 N–H and O–H groups in total. The number of carboxylic acid groups (broad SMARTS) is 1. The number of nitrogens with one attached hydrogen (secondary N) is 1. The average Bonchev–Trinajstić information content (AvgIpc) is 1.58. The summed E-state index contributed by atoms with van der Waals surface area (Å²) in [4.78, 5) is 79.6. The number of likely N-dealkylation sites (N-methyl/N-ethyl adjacent to an activating group) is 2. The van der Waals surface area contributed by atoms with Gasteiger partial charge in [-0.3, -0.25) is 14.4 Å². The second kappa shape index (κ2) is 26.8. The molecule has 0 radical (unpaired) electrons. The van der Waals surface area contributed by atoms with Gasteiger partial charge in [-0.25, -0.2) is 14.8 Å². The van der Waals surface area contributed by atoms with E-state index in [-0.39, 0.29) is 41.6 Å². The molecule has 4 aromatic carbocycles. The minimum Gasteiger partial charge on any atom is -0.480 e. The number of nitrogens with zero attached hydrogens (tertiary/aromatic N) is 9. The van der Waals surface area contributed by atoms with E-state index in [4.69, 9.17) is 56.4 Å². The monoisotopic (exact) mass is 1300 g/mol. The number of amidine groups is 2. The van der Waals surface area contributed by atoms with Crippen LogP contribution in [0.15, 0.2) is 128 Å². The molecular weight excluding hydrogens is 1220 g/mol. The van der Waals surface area contributed by atoms with Crippen LogP contribution in [0.4, 0.5) is 0 Å². The van der Waals surface area contributed by atoms with E-state index in [1.807, 2.05) is 107 Å². The lowest BCUT2D eigenvalue weighted by Crippen LogP contribution is -2.48. The molecule has 21 heteroatoms. The fraction of sp³-hybridized carbons (Fsp3) is 0.485. The van der Waals surface area contributed by atoms with Crippen LogP contribution in [0.5, 0.6) is 0 Å². The molecule has 0 bridgehead atoms. The summed E-state index contributed by atoms with van der Waals surface area (Å²) in [5.74, 6) is -1.10. The van der Waals surface area contributed by atoms with Gasteiger partial charge >= 0.3 is 5.97 Å². The summed E-state index contributed by atoms with van der Waals surface area (Å²) in [6, 6.07) is 30.8. The fourth-order valence-corrected chi connectivity index (χ4v) is 16.8. The zero-order valence-electron chi connectivity index (χ0n) is 51.3. The van der Waals surface area contributed by atoms with Crippen LogP contribution in [0.3, 0.4) is 0 Å². The van der Waals surface area contributed by atoms with Crippen LogP contribution in [0.2, 0.25) is 20.1 Å². The highest BCUT2D eigenvalue weighted by Gasteiger charge is 2.56. The van der Waals surface area contributed by atoms with Crippen molar-refractivity contribution in [1.82, 2.24) is 39.6 Å². The van der Waals surface area contributed by atoms with Crippen molar-refractivity contribution in [2.45, 2.75) is 127 Å². The third-order valence-electron chi connectivity index (χ3n) is 18.3. The first-order chi connectivity index (χ1) is 41.4. The number of rotatable bonds is 12. The van der Waals surface area contributed by atoms with Gasteiger partial charge in [-0.2, -0.15) is 0 Å². The fourth-order valence-electron chi connectivity index (χ4n) is 13.6. The SMILES string of the molecule is CC(C)C1=C(C(=O)N2CCC[C@H]2C(=O)N2CC[C@H](N(C)C)C2)SC2=N[C@@](C)(c3ccc(Cl)cc3)[C@@H](c3ccc(Cl)cc3)N21.CC(C)C1=C(C(=O)N2CCC[C@H]2C(=O)O)SC2=N[C@@](C)(c3ccc(Cl)cc3)[C@@H](c3ccc(Cl)cc3)N21.CN(C)[C@H]1CCNC1. The molecule has 0 spiro atoms. The van der Waals surface area contributed by atoms with Gasteiger partial charge in [0, 0.05) is 76.3 Å². The van der Waals surface area contributed by atoms with Crippen molar-refractivity contribution in [1.29, 1.82) is 0 Å². The molecular formula is C66H80Cl4N10O5S2. The van der Waals surface area contributed by atoms with Crippen molar-refractivity contribution < 1.29 is 24.3 Å². The number of likely N-dealkylation sites (tertiary alicyclic amines) is 3. The number of hydrogen-bond donors (Lipinski definition) is 2. The van der Waals surface area contributed by atoms with Crippen LogP contribution >= 0.6 is 69.9 Å². The maximum atomic E-state index is 14.4. The first-order valence-electron chi connectivity index (χ1n) is 30.2. The minimum absolute atomic E-state index is 0.0115. The second-order valence-electron chi connectivity index (χ2n) is 25.1. The number of halogens is 4. The van der Waals surface area contributed by atoms with Gasteiger partial charge in [0.25, 0.3) is 11.8 Å². The predicted octanol–water partition coefficient (Wildman–Crippen LogP) is 12.6. The van der Waals surface area contributed by atoms with Gasteiger partial charge in [-0.05, 0) is 193 Å². The number of amides is 3. The van der Waals surface area contributed by atoms with Crippen LogP contribution in [-0.4, -0.2) is 165 Å².